The number of benzene rings is 1. The Morgan fingerprint density at radius 1 is 1.26 bits per heavy atom. The van der Waals surface area contributed by atoms with Gasteiger partial charge >= 0.3 is 5.97 Å². The molecule has 1 amide bonds. The number of nitrogens with zero attached hydrogens (tertiary/aromatic N) is 1. The van der Waals surface area contributed by atoms with Crippen LogP contribution >= 0.6 is 0 Å². The molecular formula is C15H21NO3. The third-order valence-corrected chi connectivity index (χ3v) is 3.08. The standard InChI is InChI=1S/C15H21NO3/c1-3-14(17)16(11-12(2)15(18)19)10-9-13-7-5-4-6-8-13/h4-8,12H,3,9-11H2,1-2H3,(H,18,19). The summed E-state index contributed by atoms with van der Waals surface area (Å²) in [5.41, 5.74) is 1.15. The van der Waals surface area contributed by atoms with Crippen LogP contribution < -0.4 is 0 Å². The summed E-state index contributed by atoms with van der Waals surface area (Å²) in [5, 5.41) is 8.93. The van der Waals surface area contributed by atoms with Gasteiger partial charge in [-0.15, -0.1) is 0 Å². The highest BCUT2D eigenvalue weighted by atomic mass is 16.4. The third-order valence-electron chi connectivity index (χ3n) is 3.08. The summed E-state index contributed by atoms with van der Waals surface area (Å²) in [6, 6.07) is 9.89. The molecule has 0 fully saturated rings. The number of carbonyl (C=O) groups is 2. The second kappa shape index (κ2) is 7.56. The Hall–Kier alpha value is -1.84. The van der Waals surface area contributed by atoms with Gasteiger partial charge in [-0.3, -0.25) is 9.59 Å². The number of aliphatic carboxylic acids is 1. The highest BCUT2D eigenvalue weighted by Crippen LogP contribution is 2.06. The first-order chi connectivity index (χ1) is 9.04. The van der Waals surface area contributed by atoms with E-state index in [1.165, 1.54) is 0 Å². The van der Waals surface area contributed by atoms with Gasteiger partial charge in [0.1, 0.15) is 0 Å². The van der Waals surface area contributed by atoms with Crippen LogP contribution in [-0.2, 0) is 16.0 Å². The summed E-state index contributed by atoms with van der Waals surface area (Å²) in [6.07, 6.45) is 1.15. The molecule has 1 rings (SSSR count). The number of rotatable bonds is 7. The zero-order valence-electron chi connectivity index (χ0n) is 11.5. The molecule has 0 aromatic heterocycles. The van der Waals surface area contributed by atoms with E-state index in [1.54, 1.807) is 18.7 Å². The van der Waals surface area contributed by atoms with Gasteiger partial charge in [-0.25, -0.2) is 0 Å². The smallest absolute Gasteiger partial charge is 0.308 e. The van der Waals surface area contributed by atoms with Crippen LogP contribution in [0.25, 0.3) is 0 Å². The van der Waals surface area contributed by atoms with Crippen molar-refractivity contribution in [2.75, 3.05) is 13.1 Å². The number of hydrogen-bond acceptors (Lipinski definition) is 2. The molecular weight excluding hydrogens is 242 g/mol. The van der Waals surface area contributed by atoms with Crippen LogP contribution in [0.2, 0.25) is 0 Å². The summed E-state index contributed by atoms with van der Waals surface area (Å²) in [6.45, 7) is 4.26. The molecule has 0 heterocycles. The summed E-state index contributed by atoms with van der Waals surface area (Å²) in [4.78, 5) is 24.4. The molecule has 0 spiro atoms. The predicted molar refractivity (Wildman–Crippen MR) is 73.8 cm³/mol. The van der Waals surface area contributed by atoms with Crippen LogP contribution in [0.3, 0.4) is 0 Å². The van der Waals surface area contributed by atoms with E-state index in [0.717, 1.165) is 12.0 Å². The van der Waals surface area contributed by atoms with E-state index in [0.29, 0.717) is 13.0 Å². The first-order valence-corrected chi connectivity index (χ1v) is 6.59. The Kier molecular flexibility index (Phi) is 6.06. The minimum absolute atomic E-state index is 0.00373. The summed E-state index contributed by atoms with van der Waals surface area (Å²) in [5.74, 6) is -1.40. The molecule has 0 bridgehead atoms. The predicted octanol–water partition coefficient (Wildman–Crippen LogP) is 2.19. The lowest BCUT2D eigenvalue weighted by Gasteiger charge is -2.24. The average Bonchev–Trinajstić information content (AvgIpc) is 2.43. The van der Waals surface area contributed by atoms with E-state index in [2.05, 4.69) is 0 Å². The van der Waals surface area contributed by atoms with Gasteiger partial charge in [0.2, 0.25) is 5.91 Å². The third kappa shape index (κ3) is 5.12. The average molecular weight is 263 g/mol. The Bertz CT molecular complexity index is 417. The van der Waals surface area contributed by atoms with Gasteiger partial charge in [0, 0.05) is 19.5 Å². The molecule has 4 nitrogen and oxygen atoms in total. The molecule has 19 heavy (non-hydrogen) atoms. The number of carbonyl (C=O) groups excluding carboxylic acids is 1. The van der Waals surface area contributed by atoms with E-state index in [1.807, 2.05) is 30.3 Å². The number of carboxylic acids is 1. The van der Waals surface area contributed by atoms with E-state index in [-0.39, 0.29) is 12.5 Å². The zero-order chi connectivity index (χ0) is 14.3. The molecule has 104 valence electrons. The molecule has 0 saturated heterocycles. The van der Waals surface area contributed by atoms with Crippen LogP contribution in [0, 0.1) is 5.92 Å². The van der Waals surface area contributed by atoms with Gasteiger partial charge in [-0.1, -0.05) is 44.2 Å². The van der Waals surface area contributed by atoms with Crippen LogP contribution in [0.4, 0.5) is 0 Å². The fourth-order valence-corrected chi connectivity index (χ4v) is 1.86. The molecule has 1 atom stereocenters. The highest BCUT2D eigenvalue weighted by Gasteiger charge is 2.19. The number of hydrogen-bond donors (Lipinski definition) is 1. The molecule has 4 heteroatoms. The van der Waals surface area contributed by atoms with E-state index >= 15 is 0 Å². The minimum atomic E-state index is -0.867. The molecule has 1 unspecified atom stereocenters. The monoisotopic (exact) mass is 263 g/mol. The SMILES string of the molecule is CCC(=O)N(CCc1ccccc1)CC(C)C(=O)O. The van der Waals surface area contributed by atoms with Crippen molar-refractivity contribution in [1.29, 1.82) is 0 Å². The fraction of sp³-hybridized carbons (Fsp3) is 0.467. The van der Waals surface area contributed by atoms with Crippen LogP contribution in [0.15, 0.2) is 30.3 Å². The van der Waals surface area contributed by atoms with E-state index in [9.17, 15) is 9.59 Å². The maximum atomic E-state index is 11.8. The lowest BCUT2D eigenvalue weighted by molar-refractivity contribution is -0.143. The lowest BCUT2D eigenvalue weighted by Crippen LogP contribution is -2.37. The van der Waals surface area contributed by atoms with Gasteiger partial charge in [-0.2, -0.15) is 0 Å². The molecule has 1 aromatic rings. The van der Waals surface area contributed by atoms with Crippen molar-refractivity contribution in [2.45, 2.75) is 26.7 Å². The van der Waals surface area contributed by atoms with Crippen molar-refractivity contribution in [1.82, 2.24) is 4.90 Å². The Labute approximate surface area is 114 Å². The Morgan fingerprint density at radius 3 is 2.42 bits per heavy atom. The quantitative estimate of drug-likeness (QED) is 0.820. The van der Waals surface area contributed by atoms with Gasteiger partial charge in [0.05, 0.1) is 5.92 Å². The zero-order valence-corrected chi connectivity index (χ0v) is 11.5. The molecule has 0 aliphatic rings. The van der Waals surface area contributed by atoms with Crippen molar-refractivity contribution < 1.29 is 14.7 Å². The Balaban J connectivity index is 2.60. The van der Waals surface area contributed by atoms with Crippen LogP contribution in [0.1, 0.15) is 25.8 Å². The van der Waals surface area contributed by atoms with Crippen molar-refractivity contribution in [3.8, 4) is 0 Å². The largest absolute Gasteiger partial charge is 0.481 e. The second-order valence-electron chi connectivity index (χ2n) is 4.67. The minimum Gasteiger partial charge on any atom is -0.481 e. The first kappa shape index (κ1) is 15.2. The number of carboxylic acid groups (broad SMARTS) is 1. The maximum Gasteiger partial charge on any atom is 0.308 e. The molecule has 0 saturated carbocycles. The van der Waals surface area contributed by atoms with E-state index < -0.39 is 11.9 Å². The van der Waals surface area contributed by atoms with Crippen molar-refractivity contribution in [3.63, 3.8) is 0 Å². The molecule has 1 N–H and O–H groups in total. The van der Waals surface area contributed by atoms with Crippen LogP contribution in [0.5, 0.6) is 0 Å². The van der Waals surface area contributed by atoms with Gasteiger partial charge in [0.15, 0.2) is 0 Å². The van der Waals surface area contributed by atoms with Gasteiger partial charge < -0.3 is 10.0 Å². The van der Waals surface area contributed by atoms with E-state index in [4.69, 9.17) is 5.11 Å². The topological polar surface area (TPSA) is 57.6 Å². The Morgan fingerprint density at radius 2 is 1.89 bits per heavy atom. The first-order valence-electron chi connectivity index (χ1n) is 6.59. The van der Waals surface area contributed by atoms with Gasteiger partial charge in [-0.05, 0) is 12.0 Å². The van der Waals surface area contributed by atoms with Gasteiger partial charge in [0.25, 0.3) is 0 Å². The van der Waals surface area contributed by atoms with Crippen molar-refractivity contribution >= 4 is 11.9 Å². The van der Waals surface area contributed by atoms with Crippen LogP contribution in [-0.4, -0.2) is 35.0 Å². The molecule has 0 radical (unpaired) electrons. The molecule has 1 aromatic carbocycles. The highest BCUT2D eigenvalue weighted by molar-refractivity contribution is 5.77. The van der Waals surface area contributed by atoms with Crippen molar-refractivity contribution in [2.24, 2.45) is 5.92 Å². The maximum absolute atomic E-state index is 11.8. The fourth-order valence-electron chi connectivity index (χ4n) is 1.86. The second-order valence-corrected chi connectivity index (χ2v) is 4.67. The lowest BCUT2D eigenvalue weighted by atomic mass is 10.1. The van der Waals surface area contributed by atoms with Crippen molar-refractivity contribution in [3.05, 3.63) is 35.9 Å². The summed E-state index contributed by atoms with van der Waals surface area (Å²) >= 11 is 0. The summed E-state index contributed by atoms with van der Waals surface area (Å²) in [7, 11) is 0. The molecule has 0 aliphatic carbocycles. The summed E-state index contributed by atoms with van der Waals surface area (Å²) < 4.78 is 0. The number of amides is 1. The molecule has 0 aliphatic heterocycles. The normalized spacial score (nSPS) is 11.9.